The van der Waals surface area contributed by atoms with E-state index in [4.69, 9.17) is 0 Å². The molecule has 1 heterocycles. The number of nitrogens with zero attached hydrogens (tertiary/aromatic N) is 3. The number of hydrogen-bond donors (Lipinski definition) is 0. The predicted molar refractivity (Wildman–Crippen MR) is 302 cm³/mol. The highest BCUT2D eigenvalue weighted by molar-refractivity contribution is 6.11. The van der Waals surface area contributed by atoms with Gasteiger partial charge in [0, 0.05) is 50.6 Å². The minimum Gasteiger partial charge on any atom is -0.311 e. The Bertz CT molecular complexity index is 3710. The highest BCUT2D eigenvalue weighted by atomic mass is 19.4. The molecule has 12 aromatic rings. The number of benzene rings is 11. The van der Waals surface area contributed by atoms with Crippen LogP contribution in [0.4, 0.5) is 60.5 Å². The molecule has 0 amide bonds. The van der Waals surface area contributed by atoms with Gasteiger partial charge in [-0.3, -0.25) is 0 Å². The molecule has 0 saturated heterocycles. The molecular formula is C68H45F6N3. The summed E-state index contributed by atoms with van der Waals surface area (Å²) in [5, 5.41) is 2.13. The van der Waals surface area contributed by atoms with Crippen molar-refractivity contribution in [2.45, 2.75) is 12.4 Å². The number of rotatable bonds is 11. The Morgan fingerprint density at radius 2 is 0.519 bits per heavy atom. The number of aromatic nitrogens is 1. The molecule has 0 aliphatic rings. The van der Waals surface area contributed by atoms with E-state index in [2.05, 4.69) is 148 Å². The Morgan fingerprint density at radius 1 is 0.247 bits per heavy atom. The quantitative estimate of drug-likeness (QED) is 0.120. The fourth-order valence-corrected chi connectivity index (χ4v) is 10.2. The fraction of sp³-hybridized carbons (Fsp3) is 0.0294. The van der Waals surface area contributed by atoms with Gasteiger partial charge in [0.1, 0.15) is 0 Å². The van der Waals surface area contributed by atoms with Crippen molar-refractivity contribution in [2.24, 2.45) is 0 Å². The van der Waals surface area contributed by atoms with E-state index < -0.39 is 23.5 Å². The van der Waals surface area contributed by atoms with Crippen LogP contribution in [0.25, 0.3) is 72.0 Å². The first-order chi connectivity index (χ1) is 37.4. The Hall–Kier alpha value is -9.60. The van der Waals surface area contributed by atoms with E-state index in [1.165, 1.54) is 0 Å². The van der Waals surface area contributed by atoms with Crippen LogP contribution in [0.5, 0.6) is 0 Å². The van der Waals surface area contributed by atoms with Crippen molar-refractivity contribution >= 4 is 55.9 Å². The maximum absolute atomic E-state index is 13.7. The average molecular weight is 1020 g/mol. The molecule has 0 unspecified atom stereocenters. The second-order valence-corrected chi connectivity index (χ2v) is 18.8. The molecule has 0 radical (unpaired) electrons. The van der Waals surface area contributed by atoms with E-state index in [9.17, 15) is 26.3 Å². The van der Waals surface area contributed by atoms with E-state index in [0.29, 0.717) is 0 Å². The zero-order valence-corrected chi connectivity index (χ0v) is 41.1. The second kappa shape index (κ2) is 19.9. The largest absolute Gasteiger partial charge is 0.416 e. The molecule has 0 bridgehead atoms. The van der Waals surface area contributed by atoms with Gasteiger partial charge >= 0.3 is 12.4 Å². The number of halogens is 6. The Balaban J connectivity index is 0.920. The lowest BCUT2D eigenvalue weighted by molar-refractivity contribution is -0.143. The lowest BCUT2D eigenvalue weighted by atomic mass is 9.97. The molecule has 11 aromatic carbocycles. The summed E-state index contributed by atoms with van der Waals surface area (Å²) >= 11 is 0. The number of anilines is 6. The van der Waals surface area contributed by atoms with Gasteiger partial charge in [0.25, 0.3) is 0 Å². The predicted octanol–water partition coefficient (Wildman–Crippen LogP) is 20.4. The van der Waals surface area contributed by atoms with E-state index in [0.717, 1.165) is 107 Å². The summed E-state index contributed by atoms with van der Waals surface area (Å²) < 4.78 is 84.5. The number of fused-ring (bicyclic) bond motifs is 3. The average Bonchev–Trinajstić information content (AvgIpc) is 3.96. The first kappa shape index (κ1) is 48.3. The Morgan fingerprint density at radius 3 is 0.857 bits per heavy atom. The van der Waals surface area contributed by atoms with Gasteiger partial charge in [-0.2, -0.15) is 26.3 Å². The number of hydrogen-bond acceptors (Lipinski definition) is 2. The van der Waals surface area contributed by atoms with Gasteiger partial charge in [-0.15, -0.1) is 0 Å². The zero-order chi connectivity index (χ0) is 52.7. The van der Waals surface area contributed by atoms with Crippen molar-refractivity contribution < 1.29 is 26.3 Å². The summed E-state index contributed by atoms with van der Waals surface area (Å²) in [6, 6.07) is 87.9. The molecule has 9 heteroatoms. The summed E-state index contributed by atoms with van der Waals surface area (Å²) in [6.45, 7) is 0. The van der Waals surface area contributed by atoms with Crippen LogP contribution in [0.3, 0.4) is 0 Å². The molecule has 77 heavy (non-hydrogen) atoms. The van der Waals surface area contributed by atoms with Crippen molar-refractivity contribution in [2.75, 3.05) is 9.80 Å². The van der Waals surface area contributed by atoms with Gasteiger partial charge in [-0.05, 0) is 172 Å². The molecule has 374 valence electrons. The third-order valence-corrected chi connectivity index (χ3v) is 14.0. The highest BCUT2D eigenvalue weighted by Crippen LogP contribution is 2.43. The summed E-state index contributed by atoms with van der Waals surface area (Å²) in [6.07, 6.45) is -9.89. The maximum atomic E-state index is 13.7. The first-order valence-corrected chi connectivity index (χ1v) is 25.0. The van der Waals surface area contributed by atoms with Crippen molar-refractivity contribution in [3.8, 4) is 50.2 Å². The SMILES string of the molecule is FC(F)(F)c1cc(-c2ccc(-c3ccc(-n4c5ccc(-c6ccc(N(c7ccccc7)c7ccccc7)cc6)cc5c5cc(-c6ccc(N(c7ccccc7)c7ccccc7)cc6)ccc54)cc3)cc2)cc(C(F)(F)F)c1. The van der Waals surface area contributed by atoms with Crippen molar-refractivity contribution in [1.82, 2.24) is 4.57 Å². The standard InChI is InChI=1S/C68H45F6N3/c69-67(70,71)54-41-53(42-55(45-54)68(72,73)74)50-23-21-46(22-24-50)47-25-37-62(38-26-47)77-65-39-31-51(48-27-33-60(34-28-48)75(56-13-5-1-6-14-56)57-15-7-2-8-16-57)43-63(65)64-44-52(32-40-66(64)77)49-29-35-61(36-30-49)76(58-17-9-3-10-18-58)59-19-11-4-12-20-59/h1-45H. The van der Waals surface area contributed by atoms with Crippen LogP contribution in [0.2, 0.25) is 0 Å². The smallest absolute Gasteiger partial charge is 0.311 e. The number of para-hydroxylation sites is 4. The van der Waals surface area contributed by atoms with Crippen LogP contribution in [0, 0.1) is 0 Å². The van der Waals surface area contributed by atoms with Gasteiger partial charge in [0.2, 0.25) is 0 Å². The molecule has 0 N–H and O–H groups in total. The normalized spacial score (nSPS) is 11.8. The molecular weight excluding hydrogens is 973 g/mol. The van der Waals surface area contributed by atoms with Gasteiger partial charge in [-0.25, -0.2) is 0 Å². The molecule has 3 nitrogen and oxygen atoms in total. The van der Waals surface area contributed by atoms with Crippen LogP contribution in [0.1, 0.15) is 11.1 Å². The van der Waals surface area contributed by atoms with E-state index >= 15 is 0 Å². The molecule has 0 atom stereocenters. The maximum Gasteiger partial charge on any atom is 0.416 e. The van der Waals surface area contributed by atoms with Crippen molar-refractivity contribution in [3.63, 3.8) is 0 Å². The fourth-order valence-electron chi connectivity index (χ4n) is 10.2. The Kier molecular flexibility index (Phi) is 12.5. The molecule has 0 aliphatic carbocycles. The molecule has 1 aromatic heterocycles. The van der Waals surface area contributed by atoms with Crippen LogP contribution in [-0.2, 0) is 12.4 Å². The van der Waals surface area contributed by atoms with E-state index in [1.54, 1.807) is 24.3 Å². The minimum atomic E-state index is -4.94. The molecule has 0 spiro atoms. The van der Waals surface area contributed by atoms with Gasteiger partial charge in [0.05, 0.1) is 22.2 Å². The van der Waals surface area contributed by atoms with Crippen LogP contribution in [0.15, 0.2) is 273 Å². The van der Waals surface area contributed by atoms with Gasteiger partial charge in [0.15, 0.2) is 0 Å². The summed E-state index contributed by atoms with van der Waals surface area (Å²) in [5.74, 6) is 0. The molecule has 0 saturated carbocycles. The van der Waals surface area contributed by atoms with Crippen LogP contribution < -0.4 is 9.80 Å². The molecule has 0 aliphatic heterocycles. The second-order valence-electron chi connectivity index (χ2n) is 18.8. The summed E-state index contributed by atoms with van der Waals surface area (Å²) in [5.41, 5.74) is 12.4. The van der Waals surface area contributed by atoms with Crippen LogP contribution in [-0.4, -0.2) is 4.57 Å². The monoisotopic (exact) mass is 1020 g/mol. The lowest BCUT2D eigenvalue weighted by Crippen LogP contribution is -2.11. The third-order valence-electron chi connectivity index (χ3n) is 14.0. The Labute approximate surface area is 441 Å². The molecule has 0 fully saturated rings. The van der Waals surface area contributed by atoms with E-state index in [1.807, 2.05) is 97.1 Å². The lowest BCUT2D eigenvalue weighted by Gasteiger charge is -2.25. The first-order valence-electron chi connectivity index (χ1n) is 25.0. The van der Waals surface area contributed by atoms with Gasteiger partial charge in [-0.1, -0.05) is 146 Å². The zero-order valence-electron chi connectivity index (χ0n) is 41.1. The van der Waals surface area contributed by atoms with Gasteiger partial charge < -0.3 is 14.4 Å². The third kappa shape index (κ3) is 9.71. The van der Waals surface area contributed by atoms with Crippen LogP contribution >= 0.6 is 0 Å². The van der Waals surface area contributed by atoms with Crippen molar-refractivity contribution in [3.05, 3.63) is 284 Å². The summed E-state index contributed by atoms with van der Waals surface area (Å²) in [7, 11) is 0. The summed E-state index contributed by atoms with van der Waals surface area (Å²) in [4.78, 5) is 4.49. The van der Waals surface area contributed by atoms with Crippen molar-refractivity contribution in [1.29, 1.82) is 0 Å². The molecule has 12 rings (SSSR count). The minimum absolute atomic E-state index is 0.144. The van der Waals surface area contributed by atoms with E-state index in [-0.39, 0.29) is 17.2 Å². The number of alkyl halides is 6. The topological polar surface area (TPSA) is 11.4 Å². The highest BCUT2D eigenvalue weighted by Gasteiger charge is 2.37.